The number of amides is 1. The summed E-state index contributed by atoms with van der Waals surface area (Å²) < 4.78 is 2.08. The van der Waals surface area contributed by atoms with Crippen molar-refractivity contribution in [2.75, 3.05) is 31.9 Å². The van der Waals surface area contributed by atoms with Crippen molar-refractivity contribution in [2.45, 2.75) is 18.2 Å². The number of aromatic nitrogens is 4. The highest BCUT2D eigenvalue weighted by Gasteiger charge is 2.23. The zero-order valence-electron chi connectivity index (χ0n) is 18.8. The van der Waals surface area contributed by atoms with Gasteiger partial charge in [-0.1, -0.05) is 48.2 Å². The predicted molar refractivity (Wildman–Crippen MR) is 136 cm³/mol. The van der Waals surface area contributed by atoms with Crippen LogP contribution in [0.5, 0.6) is 0 Å². The number of thiophene rings is 1. The van der Waals surface area contributed by atoms with Crippen LogP contribution in [0.2, 0.25) is 0 Å². The summed E-state index contributed by atoms with van der Waals surface area (Å²) in [6, 6.07) is 18.4. The van der Waals surface area contributed by atoms with E-state index in [1.54, 1.807) is 23.7 Å². The lowest BCUT2D eigenvalue weighted by Crippen LogP contribution is -2.48. The highest BCUT2D eigenvalue weighted by molar-refractivity contribution is 7.99. The standard InChI is InChI=1S/C25H26N6OS2/c32-23(30-14-12-29(13-15-30)18-22-7-4-16-33-22)19-34-25-28-27-24(21-8-10-26-11-9-21)31(25)17-20-5-2-1-3-6-20/h1-11,16H,12-15,17-19H2. The Morgan fingerprint density at radius 1 is 0.912 bits per heavy atom. The van der Waals surface area contributed by atoms with E-state index in [9.17, 15) is 4.79 Å². The first kappa shape index (κ1) is 22.8. The normalized spacial score (nSPS) is 14.4. The minimum atomic E-state index is 0.153. The highest BCUT2D eigenvalue weighted by Crippen LogP contribution is 2.25. The topological polar surface area (TPSA) is 67.2 Å². The van der Waals surface area contributed by atoms with E-state index >= 15 is 0 Å². The Hall–Kier alpha value is -3.01. The van der Waals surface area contributed by atoms with Crippen molar-refractivity contribution in [3.05, 3.63) is 82.8 Å². The summed E-state index contributed by atoms with van der Waals surface area (Å²) in [4.78, 5) is 22.8. The van der Waals surface area contributed by atoms with Gasteiger partial charge < -0.3 is 4.90 Å². The van der Waals surface area contributed by atoms with E-state index < -0.39 is 0 Å². The lowest BCUT2D eigenvalue weighted by atomic mass is 10.2. The molecule has 1 aliphatic heterocycles. The molecule has 1 amide bonds. The minimum absolute atomic E-state index is 0.153. The van der Waals surface area contributed by atoms with Crippen molar-refractivity contribution in [3.8, 4) is 11.4 Å². The summed E-state index contributed by atoms with van der Waals surface area (Å²) in [7, 11) is 0. The van der Waals surface area contributed by atoms with Crippen LogP contribution in [0.3, 0.4) is 0 Å². The first-order valence-corrected chi connectivity index (χ1v) is 13.2. The summed E-state index contributed by atoms with van der Waals surface area (Å²) >= 11 is 3.25. The van der Waals surface area contributed by atoms with Gasteiger partial charge in [0.05, 0.1) is 12.3 Å². The van der Waals surface area contributed by atoms with Crippen molar-refractivity contribution in [3.63, 3.8) is 0 Å². The van der Waals surface area contributed by atoms with Crippen LogP contribution in [-0.4, -0.2) is 67.4 Å². The molecule has 0 N–H and O–H groups in total. The number of hydrogen-bond acceptors (Lipinski definition) is 7. The molecule has 0 spiro atoms. The summed E-state index contributed by atoms with van der Waals surface area (Å²) in [6.07, 6.45) is 3.51. The molecule has 0 aliphatic carbocycles. The summed E-state index contributed by atoms with van der Waals surface area (Å²) in [5.74, 6) is 1.29. The molecule has 7 nitrogen and oxygen atoms in total. The Bertz CT molecular complexity index is 1190. The van der Waals surface area contributed by atoms with Crippen molar-refractivity contribution in [1.29, 1.82) is 0 Å². The molecule has 4 heterocycles. The quantitative estimate of drug-likeness (QED) is 0.349. The molecule has 1 fully saturated rings. The van der Waals surface area contributed by atoms with Gasteiger partial charge in [0.25, 0.3) is 0 Å². The maximum Gasteiger partial charge on any atom is 0.233 e. The summed E-state index contributed by atoms with van der Waals surface area (Å²) in [5.41, 5.74) is 2.12. The van der Waals surface area contributed by atoms with Gasteiger partial charge in [-0.05, 0) is 29.1 Å². The second kappa shape index (κ2) is 10.9. The Morgan fingerprint density at radius 2 is 1.71 bits per heavy atom. The maximum absolute atomic E-state index is 13.0. The van der Waals surface area contributed by atoms with E-state index in [1.165, 1.54) is 16.6 Å². The number of rotatable bonds is 8. The number of pyridine rings is 1. The van der Waals surface area contributed by atoms with Gasteiger partial charge in [-0.15, -0.1) is 21.5 Å². The van der Waals surface area contributed by atoms with Crippen LogP contribution in [0.1, 0.15) is 10.4 Å². The third kappa shape index (κ3) is 5.55. The zero-order valence-corrected chi connectivity index (χ0v) is 20.4. The molecule has 0 atom stereocenters. The zero-order chi connectivity index (χ0) is 23.2. The SMILES string of the molecule is O=C(CSc1nnc(-c2ccncc2)n1Cc1ccccc1)N1CCN(Cc2cccs2)CC1. The number of benzene rings is 1. The fourth-order valence-electron chi connectivity index (χ4n) is 4.01. The third-order valence-electron chi connectivity index (χ3n) is 5.85. The minimum Gasteiger partial charge on any atom is -0.339 e. The lowest BCUT2D eigenvalue weighted by Gasteiger charge is -2.34. The van der Waals surface area contributed by atoms with E-state index in [4.69, 9.17) is 0 Å². The largest absolute Gasteiger partial charge is 0.339 e. The second-order valence-corrected chi connectivity index (χ2v) is 10.1. The molecule has 4 aromatic rings. The molecule has 3 aromatic heterocycles. The number of thioether (sulfide) groups is 1. The average Bonchev–Trinajstić information content (AvgIpc) is 3.54. The first-order chi connectivity index (χ1) is 16.8. The molecular formula is C25H26N6OS2. The smallest absolute Gasteiger partial charge is 0.233 e. The van der Waals surface area contributed by atoms with Crippen molar-refractivity contribution < 1.29 is 4.79 Å². The van der Waals surface area contributed by atoms with Gasteiger partial charge in [-0.2, -0.15) is 0 Å². The molecule has 5 rings (SSSR count). The van der Waals surface area contributed by atoms with Gasteiger partial charge in [0.2, 0.25) is 5.91 Å². The van der Waals surface area contributed by atoms with Gasteiger partial charge in [0.1, 0.15) is 0 Å². The van der Waals surface area contributed by atoms with E-state index in [0.717, 1.165) is 54.8 Å². The molecule has 34 heavy (non-hydrogen) atoms. The van der Waals surface area contributed by atoms with Crippen LogP contribution >= 0.6 is 23.1 Å². The van der Waals surface area contributed by atoms with E-state index in [1.807, 2.05) is 35.2 Å². The van der Waals surface area contributed by atoms with Crippen molar-refractivity contribution in [1.82, 2.24) is 29.5 Å². The Balaban J connectivity index is 1.23. The molecular weight excluding hydrogens is 464 g/mol. The Labute approximate surface area is 207 Å². The van der Waals surface area contributed by atoms with E-state index in [-0.39, 0.29) is 5.91 Å². The maximum atomic E-state index is 13.0. The number of piperazine rings is 1. The first-order valence-electron chi connectivity index (χ1n) is 11.3. The van der Waals surface area contributed by atoms with Crippen LogP contribution in [0, 0.1) is 0 Å². The van der Waals surface area contributed by atoms with Crippen LogP contribution in [0.25, 0.3) is 11.4 Å². The highest BCUT2D eigenvalue weighted by atomic mass is 32.2. The van der Waals surface area contributed by atoms with Crippen LogP contribution in [0.4, 0.5) is 0 Å². The van der Waals surface area contributed by atoms with E-state index in [0.29, 0.717) is 12.3 Å². The molecule has 0 unspecified atom stereocenters. The van der Waals surface area contributed by atoms with Crippen LogP contribution < -0.4 is 0 Å². The average molecular weight is 491 g/mol. The molecule has 1 aliphatic rings. The Morgan fingerprint density at radius 3 is 2.44 bits per heavy atom. The summed E-state index contributed by atoms with van der Waals surface area (Å²) in [6.45, 7) is 4.96. The summed E-state index contributed by atoms with van der Waals surface area (Å²) in [5, 5.41) is 11.8. The monoisotopic (exact) mass is 490 g/mol. The van der Waals surface area contributed by atoms with Gasteiger partial charge in [0.15, 0.2) is 11.0 Å². The third-order valence-corrected chi connectivity index (χ3v) is 7.66. The van der Waals surface area contributed by atoms with Gasteiger partial charge in [-0.25, -0.2) is 0 Å². The fraction of sp³-hybridized carbons (Fsp3) is 0.280. The number of carbonyl (C=O) groups is 1. The van der Waals surface area contributed by atoms with Crippen LogP contribution in [-0.2, 0) is 17.9 Å². The second-order valence-electron chi connectivity index (χ2n) is 8.14. The van der Waals surface area contributed by atoms with Crippen LogP contribution in [0.15, 0.2) is 77.5 Å². The van der Waals surface area contributed by atoms with Crippen molar-refractivity contribution in [2.24, 2.45) is 0 Å². The lowest BCUT2D eigenvalue weighted by molar-refractivity contribution is -0.130. The molecule has 1 saturated heterocycles. The van der Waals surface area contributed by atoms with E-state index in [2.05, 4.69) is 54.3 Å². The predicted octanol–water partition coefficient (Wildman–Crippen LogP) is 3.89. The molecule has 0 saturated carbocycles. The molecule has 0 radical (unpaired) electrons. The number of nitrogens with zero attached hydrogens (tertiary/aromatic N) is 6. The number of hydrogen-bond donors (Lipinski definition) is 0. The molecule has 0 bridgehead atoms. The van der Waals surface area contributed by atoms with Gasteiger partial charge >= 0.3 is 0 Å². The van der Waals surface area contributed by atoms with Gasteiger partial charge in [-0.3, -0.25) is 19.2 Å². The van der Waals surface area contributed by atoms with Crippen molar-refractivity contribution >= 4 is 29.0 Å². The molecule has 9 heteroatoms. The molecule has 1 aromatic carbocycles. The number of carbonyl (C=O) groups excluding carboxylic acids is 1. The Kier molecular flexibility index (Phi) is 7.33. The van der Waals surface area contributed by atoms with Gasteiger partial charge in [0, 0.05) is 55.6 Å². The fourth-order valence-corrected chi connectivity index (χ4v) is 5.60. The molecule has 174 valence electrons.